The summed E-state index contributed by atoms with van der Waals surface area (Å²) in [5.41, 5.74) is 0.0422. The molecule has 0 saturated carbocycles. The zero-order valence-electron chi connectivity index (χ0n) is 15.1. The van der Waals surface area contributed by atoms with Gasteiger partial charge in [-0.05, 0) is 23.8 Å². The van der Waals surface area contributed by atoms with Crippen molar-refractivity contribution in [1.82, 2.24) is 4.90 Å². The Bertz CT molecular complexity index is 1000. The van der Waals surface area contributed by atoms with Gasteiger partial charge in [-0.15, -0.1) is 0 Å². The van der Waals surface area contributed by atoms with Gasteiger partial charge in [-0.25, -0.2) is 0 Å². The van der Waals surface area contributed by atoms with E-state index < -0.39 is 23.6 Å². The van der Waals surface area contributed by atoms with Crippen LogP contribution in [0.25, 0.3) is 0 Å². The van der Waals surface area contributed by atoms with Crippen LogP contribution in [-0.4, -0.2) is 28.1 Å². The van der Waals surface area contributed by atoms with Crippen molar-refractivity contribution in [3.05, 3.63) is 76.2 Å². The molecule has 4 nitrogen and oxygen atoms in total. The number of thioether (sulfide) groups is 1. The monoisotopic (exact) mass is 436 g/mol. The highest BCUT2D eigenvalue weighted by molar-refractivity contribution is 8.26. The zero-order valence-corrected chi connectivity index (χ0v) is 16.8. The lowest BCUT2D eigenvalue weighted by atomic mass is 10.0. The fraction of sp³-hybridized carbons (Fsp3) is 0.150. The molecule has 3 rings (SSSR count). The van der Waals surface area contributed by atoms with E-state index in [9.17, 15) is 22.8 Å². The van der Waals surface area contributed by atoms with E-state index in [4.69, 9.17) is 12.2 Å². The molecule has 9 heteroatoms. The number of anilines is 1. The molecule has 0 bridgehead atoms. The van der Waals surface area contributed by atoms with Crippen molar-refractivity contribution in [3.63, 3.8) is 0 Å². The number of thiocarbonyl (C=S) groups is 1. The molecule has 0 atom stereocenters. The summed E-state index contributed by atoms with van der Waals surface area (Å²) in [6, 6.07) is 13.3. The second kappa shape index (κ2) is 8.38. The van der Waals surface area contributed by atoms with E-state index in [1.165, 1.54) is 24.1 Å². The van der Waals surface area contributed by atoms with E-state index >= 15 is 0 Å². The Labute approximate surface area is 174 Å². The summed E-state index contributed by atoms with van der Waals surface area (Å²) < 4.78 is 39.1. The van der Waals surface area contributed by atoms with E-state index in [0.29, 0.717) is 4.32 Å². The molecule has 1 N–H and O–H groups in total. The van der Waals surface area contributed by atoms with Crippen molar-refractivity contribution in [2.24, 2.45) is 0 Å². The van der Waals surface area contributed by atoms with Crippen LogP contribution < -0.4 is 5.32 Å². The number of halogens is 3. The van der Waals surface area contributed by atoms with Gasteiger partial charge in [0, 0.05) is 24.7 Å². The SMILES string of the molecule is CN1C(=O)/C(=C(/Cc2ccccc2)C(=O)Nc2cccc(C(F)(F)F)c2)SC1=S. The summed E-state index contributed by atoms with van der Waals surface area (Å²) in [6.07, 6.45) is -4.39. The molecule has 1 aliphatic rings. The number of amides is 2. The Morgan fingerprint density at radius 1 is 1.14 bits per heavy atom. The van der Waals surface area contributed by atoms with Crippen LogP contribution in [0.1, 0.15) is 11.1 Å². The molecule has 1 fully saturated rings. The normalized spacial score (nSPS) is 16.2. The van der Waals surface area contributed by atoms with Gasteiger partial charge in [0.1, 0.15) is 4.32 Å². The lowest BCUT2D eigenvalue weighted by Crippen LogP contribution is -2.25. The maximum atomic E-state index is 12.9. The topological polar surface area (TPSA) is 49.4 Å². The number of likely N-dealkylation sites (N-methyl/N-ethyl adjacent to an activating group) is 1. The molecule has 2 amide bonds. The Kier molecular flexibility index (Phi) is 6.09. The summed E-state index contributed by atoms with van der Waals surface area (Å²) in [4.78, 5) is 26.9. The van der Waals surface area contributed by atoms with Crippen LogP contribution in [0.15, 0.2) is 65.1 Å². The average Bonchev–Trinajstić information content (AvgIpc) is 2.93. The molecular weight excluding hydrogens is 421 g/mol. The maximum Gasteiger partial charge on any atom is 0.416 e. The van der Waals surface area contributed by atoms with Crippen LogP contribution in [0.5, 0.6) is 0 Å². The van der Waals surface area contributed by atoms with Gasteiger partial charge in [-0.1, -0.05) is 60.4 Å². The van der Waals surface area contributed by atoms with Gasteiger partial charge in [-0.2, -0.15) is 13.2 Å². The lowest BCUT2D eigenvalue weighted by Gasteiger charge is -2.13. The van der Waals surface area contributed by atoms with Crippen LogP contribution >= 0.6 is 24.0 Å². The Morgan fingerprint density at radius 3 is 2.41 bits per heavy atom. The number of benzene rings is 2. The highest BCUT2D eigenvalue weighted by Gasteiger charge is 2.34. The van der Waals surface area contributed by atoms with Crippen LogP contribution in [0.2, 0.25) is 0 Å². The predicted octanol–water partition coefficient (Wildman–Crippen LogP) is 4.63. The average molecular weight is 436 g/mol. The number of carbonyl (C=O) groups is 2. The van der Waals surface area contributed by atoms with Crippen molar-refractivity contribution in [2.75, 3.05) is 12.4 Å². The molecule has 150 valence electrons. The minimum atomic E-state index is -4.53. The fourth-order valence-corrected chi connectivity index (χ4v) is 3.91. The van der Waals surface area contributed by atoms with E-state index in [1.54, 1.807) is 24.3 Å². The standard InChI is InChI=1S/C20H15F3N2O2S2/c1-25-18(27)16(29-19(25)28)15(10-12-6-3-2-4-7-12)17(26)24-14-9-5-8-13(11-14)20(21,22)23/h2-9,11H,10H2,1H3,(H,24,26)/b16-15+. The summed E-state index contributed by atoms with van der Waals surface area (Å²) in [6.45, 7) is 0. The van der Waals surface area contributed by atoms with Gasteiger partial charge in [-0.3, -0.25) is 14.5 Å². The van der Waals surface area contributed by atoms with Crippen LogP contribution in [0, 0.1) is 0 Å². The third-order valence-corrected chi connectivity index (χ3v) is 5.78. The van der Waals surface area contributed by atoms with Gasteiger partial charge in [0.2, 0.25) is 0 Å². The zero-order chi connectivity index (χ0) is 21.2. The summed E-state index contributed by atoms with van der Waals surface area (Å²) in [5, 5.41) is 2.48. The summed E-state index contributed by atoms with van der Waals surface area (Å²) in [5.74, 6) is -1.06. The molecule has 29 heavy (non-hydrogen) atoms. The highest BCUT2D eigenvalue weighted by Crippen LogP contribution is 2.34. The molecule has 0 aliphatic carbocycles. The minimum Gasteiger partial charge on any atom is -0.322 e. The van der Waals surface area contributed by atoms with Gasteiger partial charge >= 0.3 is 6.18 Å². The van der Waals surface area contributed by atoms with Crippen LogP contribution in [0.3, 0.4) is 0 Å². The van der Waals surface area contributed by atoms with Gasteiger partial charge in [0.05, 0.1) is 10.5 Å². The number of carbonyl (C=O) groups excluding carboxylic acids is 2. The largest absolute Gasteiger partial charge is 0.416 e. The summed E-state index contributed by atoms with van der Waals surface area (Å²) >= 11 is 6.13. The quantitative estimate of drug-likeness (QED) is 0.561. The van der Waals surface area contributed by atoms with E-state index in [-0.39, 0.29) is 22.6 Å². The Balaban J connectivity index is 1.96. The lowest BCUT2D eigenvalue weighted by molar-refractivity contribution is -0.137. The third kappa shape index (κ3) is 4.86. The molecule has 0 aromatic heterocycles. The first-order chi connectivity index (χ1) is 13.7. The first-order valence-electron chi connectivity index (χ1n) is 8.42. The molecule has 0 radical (unpaired) electrons. The number of rotatable bonds is 4. The molecule has 0 unspecified atom stereocenters. The maximum absolute atomic E-state index is 12.9. The fourth-order valence-electron chi connectivity index (χ4n) is 2.67. The van der Waals surface area contributed by atoms with Crippen LogP contribution in [-0.2, 0) is 22.2 Å². The van der Waals surface area contributed by atoms with Gasteiger partial charge < -0.3 is 5.32 Å². The molecular formula is C20H15F3N2O2S2. The van der Waals surface area contributed by atoms with Crippen molar-refractivity contribution in [2.45, 2.75) is 12.6 Å². The Hall–Kier alpha value is -2.65. The van der Waals surface area contributed by atoms with E-state index in [2.05, 4.69) is 5.32 Å². The number of nitrogens with zero attached hydrogens (tertiary/aromatic N) is 1. The van der Waals surface area contributed by atoms with Gasteiger partial charge in [0.25, 0.3) is 11.8 Å². The van der Waals surface area contributed by atoms with E-state index in [1.807, 2.05) is 6.07 Å². The van der Waals surface area contributed by atoms with Crippen LogP contribution in [0.4, 0.5) is 18.9 Å². The highest BCUT2D eigenvalue weighted by atomic mass is 32.2. The van der Waals surface area contributed by atoms with Crippen molar-refractivity contribution in [1.29, 1.82) is 0 Å². The van der Waals surface area contributed by atoms with Crippen molar-refractivity contribution >= 4 is 45.8 Å². The first kappa shape index (κ1) is 21.1. The Morgan fingerprint density at radius 2 is 1.83 bits per heavy atom. The second-order valence-corrected chi connectivity index (χ2v) is 7.88. The van der Waals surface area contributed by atoms with E-state index in [0.717, 1.165) is 29.5 Å². The third-order valence-electron chi connectivity index (χ3n) is 4.18. The van der Waals surface area contributed by atoms with Crippen molar-refractivity contribution < 1.29 is 22.8 Å². The second-order valence-electron chi connectivity index (χ2n) is 6.23. The predicted molar refractivity (Wildman–Crippen MR) is 110 cm³/mol. The molecule has 1 saturated heterocycles. The first-order valence-corrected chi connectivity index (χ1v) is 9.65. The van der Waals surface area contributed by atoms with Gasteiger partial charge in [0.15, 0.2) is 0 Å². The smallest absolute Gasteiger partial charge is 0.322 e. The molecule has 2 aromatic rings. The molecule has 2 aromatic carbocycles. The number of alkyl halides is 3. The molecule has 1 heterocycles. The van der Waals surface area contributed by atoms with Crippen molar-refractivity contribution in [3.8, 4) is 0 Å². The minimum absolute atomic E-state index is 0.0117. The number of hydrogen-bond acceptors (Lipinski definition) is 4. The molecule has 0 spiro atoms. The molecule has 1 aliphatic heterocycles. The number of hydrogen-bond donors (Lipinski definition) is 1. The summed E-state index contributed by atoms with van der Waals surface area (Å²) in [7, 11) is 1.51. The number of nitrogens with one attached hydrogen (secondary N) is 1.